The van der Waals surface area contributed by atoms with Crippen molar-refractivity contribution in [1.82, 2.24) is 5.32 Å². The summed E-state index contributed by atoms with van der Waals surface area (Å²) in [5, 5.41) is 5.27. The smallest absolute Gasteiger partial charge is 0.247 e. The second-order valence-electron chi connectivity index (χ2n) is 6.06. The zero-order chi connectivity index (χ0) is 18.4. The minimum Gasteiger partial charge on any atom is -0.344 e. The first-order chi connectivity index (χ1) is 11.9. The Hall–Kier alpha value is -2.21. The zero-order valence-corrected chi connectivity index (χ0v) is 15.6. The molecule has 0 aliphatic heterocycles. The standard InChI is InChI=1S/C19H20BrFN2O2/c1-12(2)18(23-17(24)10-13-6-4-3-5-7-13)19(25)22-16-9-8-14(20)11-15(16)21/h3-9,11-12,18H,10H2,1-2H3,(H,22,25)(H,23,24). The van der Waals surface area contributed by atoms with E-state index in [1.807, 2.05) is 44.2 Å². The van der Waals surface area contributed by atoms with E-state index in [4.69, 9.17) is 0 Å². The Balaban J connectivity index is 2.03. The second-order valence-corrected chi connectivity index (χ2v) is 6.98. The third-order valence-corrected chi connectivity index (χ3v) is 4.16. The first-order valence-electron chi connectivity index (χ1n) is 7.96. The number of carbonyl (C=O) groups is 2. The van der Waals surface area contributed by atoms with Gasteiger partial charge in [0.15, 0.2) is 0 Å². The Kier molecular flexibility index (Phi) is 6.70. The lowest BCUT2D eigenvalue weighted by molar-refractivity contribution is -0.127. The van der Waals surface area contributed by atoms with Crippen LogP contribution in [0.4, 0.5) is 10.1 Å². The highest BCUT2D eigenvalue weighted by Crippen LogP contribution is 2.20. The van der Waals surface area contributed by atoms with E-state index in [0.29, 0.717) is 4.47 Å². The van der Waals surface area contributed by atoms with Gasteiger partial charge in [0.05, 0.1) is 12.1 Å². The van der Waals surface area contributed by atoms with Crippen LogP contribution in [0.3, 0.4) is 0 Å². The van der Waals surface area contributed by atoms with Gasteiger partial charge >= 0.3 is 0 Å². The van der Waals surface area contributed by atoms with E-state index in [1.54, 1.807) is 6.07 Å². The third-order valence-electron chi connectivity index (χ3n) is 3.66. The Bertz CT molecular complexity index is 750. The zero-order valence-electron chi connectivity index (χ0n) is 14.1. The molecule has 0 bridgehead atoms. The molecular weight excluding hydrogens is 387 g/mol. The Labute approximate surface area is 154 Å². The monoisotopic (exact) mass is 406 g/mol. The lowest BCUT2D eigenvalue weighted by Gasteiger charge is -2.22. The number of anilines is 1. The van der Waals surface area contributed by atoms with Gasteiger partial charge in [0.1, 0.15) is 11.9 Å². The molecule has 0 aliphatic carbocycles. The second kappa shape index (κ2) is 8.76. The molecule has 0 radical (unpaired) electrons. The molecule has 0 saturated heterocycles. The number of hydrogen-bond donors (Lipinski definition) is 2. The topological polar surface area (TPSA) is 58.2 Å². The summed E-state index contributed by atoms with van der Waals surface area (Å²) in [6.45, 7) is 3.65. The van der Waals surface area contributed by atoms with Crippen LogP contribution in [0.25, 0.3) is 0 Å². The van der Waals surface area contributed by atoms with Crippen molar-refractivity contribution in [2.45, 2.75) is 26.3 Å². The molecule has 2 aromatic carbocycles. The van der Waals surface area contributed by atoms with Crippen LogP contribution in [-0.2, 0) is 16.0 Å². The van der Waals surface area contributed by atoms with Crippen molar-refractivity contribution in [2.24, 2.45) is 5.92 Å². The van der Waals surface area contributed by atoms with Gasteiger partial charge in [0, 0.05) is 4.47 Å². The molecule has 6 heteroatoms. The highest BCUT2D eigenvalue weighted by Gasteiger charge is 2.25. The van der Waals surface area contributed by atoms with Crippen molar-refractivity contribution in [3.05, 3.63) is 64.4 Å². The van der Waals surface area contributed by atoms with Crippen molar-refractivity contribution in [3.63, 3.8) is 0 Å². The van der Waals surface area contributed by atoms with E-state index >= 15 is 0 Å². The van der Waals surface area contributed by atoms with E-state index in [1.165, 1.54) is 12.1 Å². The van der Waals surface area contributed by atoms with Crippen molar-refractivity contribution >= 4 is 33.4 Å². The molecule has 2 amide bonds. The molecule has 2 aromatic rings. The average molecular weight is 407 g/mol. The lowest BCUT2D eigenvalue weighted by atomic mass is 10.0. The number of rotatable bonds is 6. The van der Waals surface area contributed by atoms with Crippen LogP contribution in [0.2, 0.25) is 0 Å². The molecular formula is C19H20BrFN2O2. The van der Waals surface area contributed by atoms with Crippen LogP contribution in [0.15, 0.2) is 53.0 Å². The summed E-state index contributed by atoms with van der Waals surface area (Å²) >= 11 is 3.17. The fourth-order valence-corrected chi connectivity index (χ4v) is 2.68. The number of carbonyl (C=O) groups excluding carboxylic acids is 2. The number of nitrogens with one attached hydrogen (secondary N) is 2. The largest absolute Gasteiger partial charge is 0.344 e. The van der Waals surface area contributed by atoms with Crippen molar-refractivity contribution in [2.75, 3.05) is 5.32 Å². The van der Waals surface area contributed by atoms with E-state index in [0.717, 1.165) is 5.56 Å². The Morgan fingerprint density at radius 2 is 1.80 bits per heavy atom. The predicted octanol–water partition coefficient (Wildman–Crippen LogP) is 3.91. The minimum absolute atomic E-state index is 0.0798. The minimum atomic E-state index is -0.751. The fourth-order valence-electron chi connectivity index (χ4n) is 2.34. The summed E-state index contributed by atoms with van der Waals surface area (Å²) in [5.74, 6) is -1.38. The number of hydrogen-bond acceptors (Lipinski definition) is 2. The van der Waals surface area contributed by atoms with Crippen LogP contribution in [-0.4, -0.2) is 17.9 Å². The number of amides is 2. The third kappa shape index (κ3) is 5.67. The molecule has 0 aliphatic rings. The molecule has 132 valence electrons. The maximum absolute atomic E-state index is 13.9. The molecule has 2 rings (SSSR count). The number of benzene rings is 2. The van der Waals surface area contributed by atoms with Gasteiger partial charge in [-0.05, 0) is 29.7 Å². The van der Waals surface area contributed by atoms with Crippen molar-refractivity contribution in [1.29, 1.82) is 0 Å². The van der Waals surface area contributed by atoms with Gasteiger partial charge in [0.25, 0.3) is 0 Å². The molecule has 0 spiro atoms. The normalized spacial score (nSPS) is 11.9. The van der Waals surface area contributed by atoms with Gasteiger partial charge in [0.2, 0.25) is 11.8 Å². The van der Waals surface area contributed by atoms with Gasteiger partial charge in [-0.15, -0.1) is 0 Å². The molecule has 0 fully saturated rings. The Morgan fingerprint density at radius 3 is 2.40 bits per heavy atom. The predicted molar refractivity (Wildman–Crippen MR) is 99.6 cm³/mol. The molecule has 1 unspecified atom stereocenters. The summed E-state index contributed by atoms with van der Waals surface area (Å²) in [6, 6.07) is 12.9. The van der Waals surface area contributed by atoms with Gasteiger partial charge in [-0.2, -0.15) is 0 Å². The van der Waals surface area contributed by atoms with E-state index < -0.39 is 17.8 Å². The Morgan fingerprint density at radius 1 is 1.12 bits per heavy atom. The van der Waals surface area contributed by atoms with Crippen LogP contribution in [0.1, 0.15) is 19.4 Å². The van der Waals surface area contributed by atoms with E-state index in [9.17, 15) is 14.0 Å². The fraction of sp³-hybridized carbons (Fsp3) is 0.263. The van der Waals surface area contributed by atoms with Crippen LogP contribution in [0.5, 0.6) is 0 Å². The summed E-state index contributed by atoms with van der Waals surface area (Å²) in [6.07, 6.45) is 0.185. The molecule has 0 aromatic heterocycles. The summed E-state index contributed by atoms with van der Waals surface area (Å²) in [7, 11) is 0. The first kappa shape index (κ1) is 19.1. The maximum Gasteiger partial charge on any atom is 0.247 e. The summed E-state index contributed by atoms with van der Waals surface area (Å²) in [5.41, 5.74) is 0.943. The van der Waals surface area contributed by atoms with Crippen molar-refractivity contribution in [3.8, 4) is 0 Å². The molecule has 2 N–H and O–H groups in total. The van der Waals surface area contributed by atoms with Gasteiger partial charge in [-0.25, -0.2) is 4.39 Å². The maximum atomic E-state index is 13.9. The molecule has 4 nitrogen and oxygen atoms in total. The van der Waals surface area contributed by atoms with E-state index in [2.05, 4.69) is 26.6 Å². The number of halogens is 2. The first-order valence-corrected chi connectivity index (χ1v) is 8.75. The quantitative estimate of drug-likeness (QED) is 0.763. The highest BCUT2D eigenvalue weighted by molar-refractivity contribution is 9.10. The van der Waals surface area contributed by atoms with Crippen LogP contribution < -0.4 is 10.6 Å². The van der Waals surface area contributed by atoms with Gasteiger partial charge < -0.3 is 10.6 Å². The van der Waals surface area contributed by atoms with Gasteiger partial charge in [-0.3, -0.25) is 9.59 Å². The average Bonchev–Trinajstić information content (AvgIpc) is 2.55. The summed E-state index contributed by atoms with van der Waals surface area (Å²) in [4.78, 5) is 24.7. The molecule has 0 saturated carbocycles. The molecule has 25 heavy (non-hydrogen) atoms. The highest BCUT2D eigenvalue weighted by atomic mass is 79.9. The van der Waals surface area contributed by atoms with Crippen LogP contribution in [0, 0.1) is 11.7 Å². The van der Waals surface area contributed by atoms with Gasteiger partial charge in [-0.1, -0.05) is 60.1 Å². The van der Waals surface area contributed by atoms with Crippen molar-refractivity contribution < 1.29 is 14.0 Å². The summed E-state index contributed by atoms with van der Waals surface area (Å²) < 4.78 is 14.5. The lowest BCUT2D eigenvalue weighted by Crippen LogP contribution is -2.47. The van der Waals surface area contributed by atoms with Crippen LogP contribution >= 0.6 is 15.9 Å². The SMILES string of the molecule is CC(C)C(NC(=O)Cc1ccccc1)C(=O)Nc1ccc(Br)cc1F. The molecule has 1 atom stereocenters. The van der Waals surface area contributed by atoms with E-state index in [-0.39, 0.29) is 23.9 Å². The molecule has 0 heterocycles.